The number of pyridine rings is 1. The van der Waals surface area contributed by atoms with Crippen molar-refractivity contribution >= 4 is 40.9 Å². The van der Waals surface area contributed by atoms with Gasteiger partial charge in [-0.25, -0.2) is 4.79 Å². The Labute approximate surface area is 196 Å². The Morgan fingerprint density at radius 3 is 2.72 bits per heavy atom. The third kappa shape index (κ3) is 4.41. The van der Waals surface area contributed by atoms with Gasteiger partial charge in [-0.05, 0) is 49.1 Å². The molecule has 0 unspecified atom stereocenters. The SMILES string of the molecule is CSCCC(=O)N1CCC([C@]2(c3ccccn3)NC(=O)N(CCc3cccs3)C2=O)CC1. The highest BCUT2D eigenvalue weighted by atomic mass is 32.2. The van der Waals surface area contributed by atoms with Crippen LogP contribution in [-0.2, 0) is 21.5 Å². The second-order valence-corrected chi connectivity index (χ2v) is 10.2. The van der Waals surface area contributed by atoms with Gasteiger partial charge in [-0.1, -0.05) is 12.1 Å². The first-order valence-corrected chi connectivity index (χ1v) is 13.2. The molecule has 2 aromatic rings. The van der Waals surface area contributed by atoms with Crippen LogP contribution in [0.25, 0.3) is 0 Å². The van der Waals surface area contributed by atoms with Crippen molar-refractivity contribution < 1.29 is 14.4 Å². The van der Waals surface area contributed by atoms with E-state index in [1.807, 2.05) is 40.8 Å². The molecule has 32 heavy (non-hydrogen) atoms. The van der Waals surface area contributed by atoms with E-state index in [0.29, 0.717) is 51.0 Å². The highest BCUT2D eigenvalue weighted by Gasteiger charge is 2.58. The summed E-state index contributed by atoms with van der Waals surface area (Å²) in [6.07, 6.45) is 6.11. The molecule has 0 aliphatic carbocycles. The molecular formula is C23H28N4O3S2. The predicted molar refractivity (Wildman–Crippen MR) is 126 cm³/mol. The Bertz CT molecular complexity index is 945. The van der Waals surface area contributed by atoms with Gasteiger partial charge >= 0.3 is 6.03 Å². The van der Waals surface area contributed by atoms with Crippen molar-refractivity contribution in [3.63, 3.8) is 0 Å². The number of hydrogen-bond donors (Lipinski definition) is 1. The lowest BCUT2D eigenvalue weighted by Crippen LogP contribution is -2.54. The lowest BCUT2D eigenvalue weighted by molar-refractivity contribution is -0.136. The molecule has 2 saturated heterocycles. The lowest BCUT2D eigenvalue weighted by atomic mass is 9.75. The molecule has 2 aromatic heterocycles. The lowest BCUT2D eigenvalue weighted by Gasteiger charge is -2.40. The van der Waals surface area contributed by atoms with Crippen LogP contribution >= 0.6 is 23.1 Å². The Hall–Kier alpha value is -2.39. The second-order valence-electron chi connectivity index (χ2n) is 8.14. The van der Waals surface area contributed by atoms with Crippen molar-refractivity contribution in [2.45, 2.75) is 31.2 Å². The Morgan fingerprint density at radius 1 is 1.25 bits per heavy atom. The molecule has 2 aliphatic rings. The van der Waals surface area contributed by atoms with Crippen LogP contribution in [0.15, 0.2) is 41.9 Å². The molecular weight excluding hydrogens is 444 g/mol. The molecule has 1 atom stereocenters. The summed E-state index contributed by atoms with van der Waals surface area (Å²) in [5, 5.41) is 5.03. The molecule has 2 aliphatic heterocycles. The van der Waals surface area contributed by atoms with Crippen LogP contribution in [0.2, 0.25) is 0 Å². The molecule has 4 amide bonds. The number of urea groups is 1. The summed E-state index contributed by atoms with van der Waals surface area (Å²) >= 11 is 3.28. The zero-order valence-electron chi connectivity index (χ0n) is 18.2. The van der Waals surface area contributed by atoms with Crippen LogP contribution in [0.3, 0.4) is 0 Å². The zero-order valence-corrected chi connectivity index (χ0v) is 19.8. The number of likely N-dealkylation sites (tertiary alicyclic amines) is 1. The molecule has 4 heterocycles. The van der Waals surface area contributed by atoms with Gasteiger partial charge in [0, 0.05) is 48.8 Å². The van der Waals surface area contributed by atoms with Gasteiger partial charge in [-0.15, -0.1) is 11.3 Å². The number of nitrogens with one attached hydrogen (secondary N) is 1. The summed E-state index contributed by atoms with van der Waals surface area (Å²) in [4.78, 5) is 48.1. The van der Waals surface area contributed by atoms with Crippen LogP contribution in [0.4, 0.5) is 4.79 Å². The van der Waals surface area contributed by atoms with Crippen molar-refractivity contribution in [3.05, 3.63) is 52.5 Å². The molecule has 9 heteroatoms. The second kappa shape index (κ2) is 10.0. The fourth-order valence-corrected chi connectivity index (χ4v) is 5.72. The molecule has 0 bridgehead atoms. The van der Waals surface area contributed by atoms with E-state index in [1.165, 1.54) is 4.90 Å². The summed E-state index contributed by atoms with van der Waals surface area (Å²) in [6, 6.07) is 9.09. The van der Waals surface area contributed by atoms with E-state index in [-0.39, 0.29) is 23.8 Å². The van der Waals surface area contributed by atoms with E-state index >= 15 is 0 Å². The summed E-state index contributed by atoms with van der Waals surface area (Å²) in [7, 11) is 0. The molecule has 0 aromatic carbocycles. The summed E-state index contributed by atoms with van der Waals surface area (Å²) < 4.78 is 0. The van der Waals surface area contributed by atoms with Gasteiger partial charge in [-0.2, -0.15) is 11.8 Å². The molecule has 170 valence electrons. The zero-order chi connectivity index (χ0) is 22.6. The van der Waals surface area contributed by atoms with Crippen LogP contribution < -0.4 is 5.32 Å². The van der Waals surface area contributed by atoms with Gasteiger partial charge in [-0.3, -0.25) is 19.5 Å². The smallest absolute Gasteiger partial charge is 0.325 e. The minimum absolute atomic E-state index is 0.120. The van der Waals surface area contributed by atoms with Crippen molar-refractivity contribution in [1.29, 1.82) is 0 Å². The Kier molecular flexibility index (Phi) is 7.15. The number of carbonyl (C=O) groups is 3. The predicted octanol–water partition coefficient (Wildman–Crippen LogP) is 3.12. The number of thiophene rings is 1. The van der Waals surface area contributed by atoms with Crippen molar-refractivity contribution in [1.82, 2.24) is 20.1 Å². The third-order valence-electron chi connectivity index (χ3n) is 6.34. The standard InChI is InChI=1S/C23H28N4O3S2/c1-31-16-10-20(28)26-12-7-17(8-13-26)23(19-6-2-3-11-24-19)21(29)27(22(30)25-23)14-9-18-5-4-15-32-18/h2-6,11,15,17H,7-10,12-14,16H2,1H3,(H,25,30)/t23-/m1/s1. The van der Waals surface area contributed by atoms with Crippen molar-refractivity contribution in [3.8, 4) is 0 Å². The van der Waals surface area contributed by atoms with E-state index in [4.69, 9.17) is 0 Å². The molecule has 4 rings (SSSR count). The van der Waals surface area contributed by atoms with E-state index in [0.717, 1.165) is 10.6 Å². The number of hydrogen-bond acceptors (Lipinski definition) is 6. The van der Waals surface area contributed by atoms with Gasteiger partial charge in [0.2, 0.25) is 5.91 Å². The highest BCUT2D eigenvalue weighted by molar-refractivity contribution is 7.98. The van der Waals surface area contributed by atoms with Crippen molar-refractivity contribution in [2.75, 3.05) is 31.6 Å². The number of thioether (sulfide) groups is 1. The number of carbonyl (C=O) groups excluding carboxylic acids is 3. The first-order chi connectivity index (χ1) is 15.6. The minimum atomic E-state index is -1.18. The van der Waals surface area contributed by atoms with Gasteiger partial charge in [0.25, 0.3) is 5.91 Å². The number of piperidine rings is 1. The molecule has 7 nitrogen and oxygen atoms in total. The largest absolute Gasteiger partial charge is 0.343 e. The minimum Gasteiger partial charge on any atom is -0.343 e. The van der Waals surface area contributed by atoms with Gasteiger partial charge < -0.3 is 10.2 Å². The fourth-order valence-electron chi connectivity index (χ4n) is 4.64. The maximum atomic E-state index is 13.8. The first kappa shape index (κ1) is 22.8. The molecule has 0 spiro atoms. The normalized spacial score (nSPS) is 21.8. The number of rotatable bonds is 8. The van der Waals surface area contributed by atoms with Crippen molar-refractivity contribution in [2.24, 2.45) is 5.92 Å². The van der Waals surface area contributed by atoms with Crippen LogP contribution in [0, 0.1) is 5.92 Å². The number of nitrogens with zero attached hydrogens (tertiary/aromatic N) is 3. The first-order valence-electron chi connectivity index (χ1n) is 10.9. The van der Waals surface area contributed by atoms with Gasteiger partial charge in [0.1, 0.15) is 0 Å². The Morgan fingerprint density at radius 2 is 2.06 bits per heavy atom. The highest BCUT2D eigenvalue weighted by Crippen LogP contribution is 2.40. The molecule has 1 N–H and O–H groups in total. The molecule has 0 radical (unpaired) electrons. The van der Waals surface area contributed by atoms with Gasteiger partial charge in [0.05, 0.1) is 5.69 Å². The quantitative estimate of drug-likeness (QED) is 0.597. The van der Waals surface area contributed by atoms with Crippen LogP contribution in [0.1, 0.15) is 29.8 Å². The topological polar surface area (TPSA) is 82.6 Å². The maximum Gasteiger partial charge on any atom is 0.325 e. The van der Waals surface area contributed by atoms with E-state index < -0.39 is 5.54 Å². The number of amides is 4. The molecule has 2 fully saturated rings. The third-order valence-corrected chi connectivity index (χ3v) is 7.89. The number of imide groups is 1. The summed E-state index contributed by atoms with van der Waals surface area (Å²) in [5.41, 5.74) is -0.605. The summed E-state index contributed by atoms with van der Waals surface area (Å²) in [6.45, 7) is 1.52. The number of aromatic nitrogens is 1. The Balaban J connectivity index is 1.54. The van der Waals surface area contributed by atoms with Crippen LogP contribution in [0.5, 0.6) is 0 Å². The van der Waals surface area contributed by atoms with E-state index in [1.54, 1.807) is 35.4 Å². The monoisotopic (exact) mass is 472 g/mol. The summed E-state index contributed by atoms with van der Waals surface area (Å²) in [5.74, 6) is 0.615. The molecule has 0 saturated carbocycles. The van der Waals surface area contributed by atoms with E-state index in [9.17, 15) is 14.4 Å². The average molecular weight is 473 g/mol. The maximum absolute atomic E-state index is 13.8. The van der Waals surface area contributed by atoms with E-state index in [2.05, 4.69) is 10.3 Å². The van der Waals surface area contributed by atoms with Gasteiger partial charge in [0.15, 0.2) is 5.54 Å². The fraction of sp³-hybridized carbons (Fsp3) is 0.478. The average Bonchev–Trinajstić information content (AvgIpc) is 3.43. The van der Waals surface area contributed by atoms with Crippen LogP contribution in [-0.4, -0.2) is 64.3 Å².